The Morgan fingerprint density at radius 1 is 1.32 bits per heavy atom. The minimum Gasteiger partial charge on any atom is -0.468 e. The van der Waals surface area contributed by atoms with Crippen LogP contribution in [0.1, 0.15) is 18.5 Å². The third kappa shape index (κ3) is 5.35. The van der Waals surface area contributed by atoms with Crippen molar-refractivity contribution in [2.24, 2.45) is 11.7 Å². The topological polar surface area (TPSA) is 110 Å². The first kappa shape index (κ1) is 20.4. The Balaban J connectivity index is 1.87. The molecule has 0 atom stereocenters. The maximum atomic E-state index is 12.5. The first-order valence-corrected chi connectivity index (χ1v) is 9.33. The molecule has 8 nitrogen and oxygen atoms in total. The van der Waals surface area contributed by atoms with Crippen molar-refractivity contribution < 1.29 is 27.5 Å². The number of nitrogens with zero attached hydrogens (tertiary/aromatic N) is 3. The molecule has 0 bridgehead atoms. The van der Waals surface area contributed by atoms with E-state index in [-0.39, 0.29) is 22.4 Å². The Kier molecular flexibility index (Phi) is 6.08. The Hall–Kier alpha value is -2.34. The van der Waals surface area contributed by atoms with Crippen molar-refractivity contribution >= 4 is 34.9 Å². The van der Waals surface area contributed by atoms with Gasteiger partial charge in [-0.05, 0) is 43.1 Å². The zero-order chi connectivity index (χ0) is 20.3. The summed E-state index contributed by atoms with van der Waals surface area (Å²) in [6.45, 7) is 0.284. The summed E-state index contributed by atoms with van der Waals surface area (Å²) in [5.41, 5.74) is 5.86. The van der Waals surface area contributed by atoms with E-state index in [1.165, 1.54) is 12.1 Å². The van der Waals surface area contributed by atoms with Gasteiger partial charge in [0.1, 0.15) is 0 Å². The molecule has 12 heteroatoms. The fourth-order valence-corrected chi connectivity index (χ4v) is 3.47. The lowest BCUT2D eigenvalue weighted by molar-refractivity contribution is -0.154. The van der Waals surface area contributed by atoms with Crippen molar-refractivity contribution in [3.63, 3.8) is 0 Å². The van der Waals surface area contributed by atoms with E-state index in [2.05, 4.69) is 15.3 Å². The predicted octanol–water partition coefficient (Wildman–Crippen LogP) is 1.92. The van der Waals surface area contributed by atoms with Crippen molar-refractivity contribution in [1.82, 2.24) is 15.3 Å². The largest absolute Gasteiger partial charge is 0.468 e. The van der Waals surface area contributed by atoms with Crippen LogP contribution >= 0.6 is 11.8 Å². The molecule has 1 aromatic heterocycles. The van der Waals surface area contributed by atoms with Gasteiger partial charge in [0.15, 0.2) is 6.61 Å². The number of hydrogen-bond acceptors (Lipinski definition) is 8. The molecule has 2 fully saturated rings. The molecule has 152 valence electrons. The van der Waals surface area contributed by atoms with Crippen LogP contribution in [0.25, 0.3) is 6.08 Å². The number of rotatable bonds is 5. The summed E-state index contributed by atoms with van der Waals surface area (Å²) < 4.78 is 42.3. The van der Waals surface area contributed by atoms with E-state index in [0.717, 1.165) is 12.8 Å². The van der Waals surface area contributed by atoms with E-state index in [0.29, 0.717) is 37.3 Å². The number of alkyl halides is 3. The van der Waals surface area contributed by atoms with E-state index in [1.54, 1.807) is 0 Å². The molecule has 2 amide bonds. The molecule has 0 aliphatic carbocycles. The molecule has 3 N–H and O–H groups in total. The highest BCUT2D eigenvalue weighted by molar-refractivity contribution is 8.18. The number of thioether (sulfide) groups is 1. The molecular weight excluding hydrogens is 399 g/mol. The molecule has 2 aliphatic rings. The van der Waals surface area contributed by atoms with Gasteiger partial charge in [-0.3, -0.25) is 14.9 Å². The van der Waals surface area contributed by atoms with Crippen LogP contribution in [0.5, 0.6) is 5.88 Å². The zero-order valence-corrected chi connectivity index (χ0v) is 15.5. The van der Waals surface area contributed by atoms with Crippen molar-refractivity contribution in [3.8, 4) is 5.88 Å². The van der Waals surface area contributed by atoms with E-state index in [9.17, 15) is 22.8 Å². The average molecular weight is 417 g/mol. The van der Waals surface area contributed by atoms with Crippen molar-refractivity contribution in [1.29, 1.82) is 0 Å². The number of carbonyl (C=O) groups excluding carboxylic acids is 2. The number of hydrogen-bond donors (Lipinski definition) is 2. The summed E-state index contributed by atoms with van der Waals surface area (Å²) in [7, 11) is 0. The average Bonchev–Trinajstić information content (AvgIpc) is 2.96. The smallest absolute Gasteiger partial charge is 0.422 e. The van der Waals surface area contributed by atoms with Crippen LogP contribution in [-0.2, 0) is 4.79 Å². The number of nitrogens with one attached hydrogen (secondary N) is 1. The second-order valence-electron chi connectivity index (χ2n) is 6.35. The molecule has 3 rings (SSSR count). The molecule has 0 spiro atoms. The molecular formula is C16H18F3N5O3S. The maximum Gasteiger partial charge on any atom is 0.422 e. The van der Waals surface area contributed by atoms with Gasteiger partial charge >= 0.3 is 6.18 Å². The summed E-state index contributed by atoms with van der Waals surface area (Å²) in [5, 5.41) is 1.58. The number of amides is 2. The van der Waals surface area contributed by atoms with Gasteiger partial charge in [0, 0.05) is 19.2 Å². The number of imide groups is 1. The van der Waals surface area contributed by atoms with Gasteiger partial charge < -0.3 is 15.4 Å². The standard InChI is InChI=1S/C16H18F3N5O3S/c17-16(18,19)8-27-12-6-10(5-11-13(25)23-15(26)28-11)21-14(22-12)24-3-1-9(7-20)2-4-24/h5-6,9H,1-4,7-8,20H2,(H,23,25,26). The summed E-state index contributed by atoms with van der Waals surface area (Å²) in [4.78, 5) is 33.3. The lowest BCUT2D eigenvalue weighted by Crippen LogP contribution is -2.37. The van der Waals surface area contributed by atoms with E-state index in [1.807, 2.05) is 4.90 Å². The third-order valence-corrected chi connectivity index (χ3v) is 5.06. The monoisotopic (exact) mass is 417 g/mol. The van der Waals surface area contributed by atoms with E-state index >= 15 is 0 Å². The van der Waals surface area contributed by atoms with Crippen LogP contribution in [0.4, 0.5) is 23.9 Å². The predicted molar refractivity (Wildman–Crippen MR) is 96.7 cm³/mol. The Labute approximate surface area is 162 Å². The highest BCUT2D eigenvalue weighted by Gasteiger charge is 2.30. The summed E-state index contributed by atoms with van der Waals surface area (Å²) in [6.07, 6.45) is -1.56. The molecule has 2 aliphatic heterocycles. The minimum absolute atomic E-state index is 0.0956. The first-order chi connectivity index (χ1) is 13.2. The van der Waals surface area contributed by atoms with Gasteiger partial charge in [-0.2, -0.15) is 18.2 Å². The highest BCUT2D eigenvalue weighted by atomic mass is 32.2. The normalized spacial score (nSPS) is 20.0. The number of halogens is 3. The Bertz CT molecular complexity index is 794. The number of carbonyl (C=O) groups is 2. The van der Waals surface area contributed by atoms with Crippen LogP contribution < -0.4 is 20.7 Å². The fourth-order valence-electron chi connectivity index (χ4n) is 2.80. The Morgan fingerprint density at radius 3 is 2.61 bits per heavy atom. The maximum absolute atomic E-state index is 12.5. The van der Waals surface area contributed by atoms with Crippen molar-refractivity contribution in [2.45, 2.75) is 19.0 Å². The van der Waals surface area contributed by atoms with Crippen molar-refractivity contribution in [2.75, 3.05) is 31.1 Å². The van der Waals surface area contributed by atoms with Gasteiger partial charge in [0.25, 0.3) is 11.1 Å². The molecule has 3 heterocycles. The third-order valence-electron chi connectivity index (χ3n) is 4.25. The first-order valence-electron chi connectivity index (χ1n) is 8.52. The van der Waals surface area contributed by atoms with E-state index in [4.69, 9.17) is 10.5 Å². The van der Waals surface area contributed by atoms with Crippen LogP contribution in [0.3, 0.4) is 0 Å². The summed E-state index contributed by atoms with van der Waals surface area (Å²) >= 11 is 0.689. The van der Waals surface area contributed by atoms with Crippen LogP contribution in [0.2, 0.25) is 0 Å². The van der Waals surface area contributed by atoms with Crippen LogP contribution in [0, 0.1) is 5.92 Å². The molecule has 1 aromatic rings. The SMILES string of the molecule is NCC1CCN(c2nc(C=C3SC(=O)NC3=O)cc(OCC(F)(F)F)n2)CC1. The quantitative estimate of drug-likeness (QED) is 0.699. The second kappa shape index (κ2) is 8.35. The number of nitrogens with two attached hydrogens (primary N) is 1. The highest BCUT2D eigenvalue weighted by Crippen LogP contribution is 2.28. The molecule has 2 saturated heterocycles. The molecule has 0 saturated carbocycles. The lowest BCUT2D eigenvalue weighted by Gasteiger charge is -2.31. The number of anilines is 1. The van der Waals surface area contributed by atoms with Crippen molar-refractivity contribution in [3.05, 3.63) is 16.7 Å². The number of piperidine rings is 1. The van der Waals surface area contributed by atoms with Gasteiger partial charge in [-0.15, -0.1) is 0 Å². The minimum atomic E-state index is -4.52. The molecule has 0 radical (unpaired) electrons. The van der Waals surface area contributed by atoms with Gasteiger partial charge in [0.2, 0.25) is 11.8 Å². The van der Waals surface area contributed by atoms with E-state index < -0.39 is 23.9 Å². The summed E-state index contributed by atoms with van der Waals surface area (Å²) in [5.74, 6) is -0.259. The molecule has 28 heavy (non-hydrogen) atoms. The number of aromatic nitrogens is 2. The van der Waals surface area contributed by atoms with Crippen LogP contribution in [-0.4, -0.2) is 53.5 Å². The second-order valence-corrected chi connectivity index (χ2v) is 7.37. The van der Waals surface area contributed by atoms with Gasteiger partial charge in [0.05, 0.1) is 10.6 Å². The fraction of sp³-hybridized carbons (Fsp3) is 0.500. The molecule has 0 unspecified atom stereocenters. The van der Waals surface area contributed by atoms with Gasteiger partial charge in [-0.1, -0.05) is 0 Å². The zero-order valence-electron chi connectivity index (χ0n) is 14.7. The summed E-state index contributed by atoms with van der Waals surface area (Å²) in [6, 6.07) is 1.20. The molecule has 0 aromatic carbocycles. The number of ether oxygens (including phenoxy) is 1. The lowest BCUT2D eigenvalue weighted by atomic mass is 9.97. The Morgan fingerprint density at radius 2 is 2.04 bits per heavy atom. The van der Waals surface area contributed by atoms with Gasteiger partial charge in [-0.25, -0.2) is 4.98 Å². The van der Waals surface area contributed by atoms with Crippen LogP contribution in [0.15, 0.2) is 11.0 Å².